The summed E-state index contributed by atoms with van der Waals surface area (Å²) >= 11 is 0. The van der Waals surface area contributed by atoms with Crippen molar-refractivity contribution in [1.82, 2.24) is 0 Å². The van der Waals surface area contributed by atoms with E-state index in [0.717, 1.165) is 18.4 Å². The molecule has 0 bridgehead atoms. The third-order valence-electron chi connectivity index (χ3n) is 5.70. The van der Waals surface area contributed by atoms with Crippen LogP contribution in [0, 0.1) is 0 Å². The van der Waals surface area contributed by atoms with Gasteiger partial charge in [-0.2, -0.15) is 9.79 Å². The summed E-state index contributed by atoms with van der Waals surface area (Å²) in [7, 11) is -3.39. The van der Waals surface area contributed by atoms with Gasteiger partial charge in [0.2, 0.25) is 0 Å². The molecule has 1 rings (SSSR count). The largest absolute Gasteiger partial charge is 0.451 e. The Morgan fingerprint density at radius 1 is 0.733 bits per heavy atom. The van der Waals surface area contributed by atoms with Crippen LogP contribution in [-0.2, 0) is 10.8 Å². The Hall–Kier alpha value is -0.630. The Labute approximate surface area is 187 Å². The Bertz CT molecular complexity index is 612. The molecule has 0 heterocycles. The monoisotopic (exact) mass is 439 g/mol. The van der Waals surface area contributed by atoms with E-state index in [0.29, 0.717) is 11.9 Å². The second-order valence-electron chi connectivity index (χ2n) is 10.9. The Morgan fingerprint density at radius 3 is 1.70 bits per heavy atom. The SMILES string of the molecule is CCCCCCCCCCCC[P+](O)(O)Oc1ccc(C(C)(C)C)cc1C(C)(C)C. The summed E-state index contributed by atoms with van der Waals surface area (Å²) < 4.78 is 5.83. The predicted octanol–water partition coefficient (Wildman–Crippen LogP) is 8.33. The van der Waals surface area contributed by atoms with Gasteiger partial charge in [-0.1, -0.05) is 112 Å². The fourth-order valence-electron chi connectivity index (χ4n) is 3.67. The topological polar surface area (TPSA) is 49.7 Å². The maximum Gasteiger partial charge on any atom is 0.451 e. The van der Waals surface area contributed by atoms with Gasteiger partial charge in [-0.3, -0.25) is 4.52 Å². The molecule has 0 saturated carbocycles. The van der Waals surface area contributed by atoms with Crippen molar-refractivity contribution in [3.63, 3.8) is 0 Å². The molecule has 0 aromatic heterocycles. The van der Waals surface area contributed by atoms with Crippen molar-refractivity contribution >= 4 is 7.94 Å². The van der Waals surface area contributed by atoms with Crippen molar-refractivity contribution in [3.8, 4) is 5.75 Å². The summed E-state index contributed by atoms with van der Waals surface area (Å²) in [6.45, 7) is 15.2. The van der Waals surface area contributed by atoms with Crippen LogP contribution < -0.4 is 4.52 Å². The lowest BCUT2D eigenvalue weighted by molar-refractivity contribution is 0.332. The standard InChI is InChI=1S/C26H48O3P/c1-8-9-10-11-12-13-14-15-16-17-20-30(27,28)29-24-19-18-22(25(2,3)4)21-23(24)26(5,6)7/h18-19,21,27-28H,8-17,20H2,1-7H3/q+1. The molecule has 3 nitrogen and oxygen atoms in total. The van der Waals surface area contributed by atoms with E-state index in [-0.39, 0.29) is 10.8 Å². The zero-order valence-corrected chi connectivity index (χ0v) is 21.7. The number of hydrogen-bond acceptors (Lipinski definition) is 3. The molecule has 2 N–H and O–H groups in total. The van der Waals surface area contributed by atoms with E-state index in [1.807, 2.05) is 12.1 Å². The van der Waals surface area contributed by atoms with Gasteiger partial charge >= 0.3 is 7.94 Å². The number of rotatable bonds is 13. The first-order chi connectivity index (χ1) is 13.9. The summed E-state index contributed by atoms with van der Waals surface area (Å²) in [5, 5.41) is 0. The molecular weight excluding hydrogens is 391 g/mol. The van der Waals surface area contributed by atoms with Crippen molar-refractivity contribution < 1.29 is 14.3 Å². The van der Waals surface area contributed by atoms with E-state index in [4.69, 9.17) is 4.52 Å². The molecule has 0 saturated heterocycles. The Kier molecular flexibility index (Phi) is 11.3. The molecule has 0 aliphatic heterocycles. The zero-order valence-electron chi connectivity index (χ0n) is 20.8. The van der Waals surface area contributed by atoms with Crippen LogP contribution in [0.4, 0.5) is 0 Å². The quantitative estimate of drug-likeness (QED) is 0.240. The van der Waals surface area contributed by atoms with Crippen LogP contribution in [0.3, 0.4) is 0 Å². The number of benzene rings is 1. The second-order valence-corrected chi connectivity index (χ2v) is 12.8. The van der Waals surface area contributed by atoms with E-state index in [1.54, 1.807) is 0 Å². The molecule has 0 spiro atoms. The van der Waals surface area contributed by atoms with Crippen LogP contribution in [-0.4, -0.2) is 15.9 Å². The molecule has 0 aliphatic rings. The van der Waals surface area contributed by atoms with E-state index < -0.39 is 7.94 Å². The van der Waals surface area contributed by atoms with Crippen LogP contribution in [0.15, 0.2) is 18.2 Å². The summed E-state index contributed by atoms with van der Waals surface area (Å²) in [5.74, 6) is 0.612. The van der Waals surface area contributed by atoms with Gasteiger partial charge in [0.1, 0.15) is 6.16 Å². The number of unbranched alkanes of at least 4 members (excludes halogenated alkanes) is 9. The highest BCUT2D eigenvalue weighted by Gasteiger charge is 2.38. The van der Waals surface area contributed by atoms with Crippen LogP contribution in [0.25, 0.3) is 0 Å². The predicted molar refractivity (Wildman–Crippen MR) is 133 cm³/mol. The molecule has 0 fully saturated rings. The maximum absolute atomic E-state index is 10.6. The average molecular weight is 440 g/mol. The summed E-state index contributed by atoms with van der Waals surface area (Å²) in [5.41, 5.74) is 2.17. The molecule has 0 unspecified atom stereocenters. The van der Waals surface area contributed by atoms with Crippen LogP contribution in [0.2, 0.25) is 0 Å². The molecule has 0 aliphatic carbocycles. The Balaban J connectivity index is 2.53. The zero-order chi connectivity index (χ0) is 22.8. The summed E-state index contributed by atoms with van der Waals surface area (Å²) in [6, 6.07) is 6.13. The molecule has 174 valence electrons. The molecule has 1 aromatic carbocycles. The fraction of sp³-hybridized carbons (Fsp3) is 0.769. The van der Waals surface area contributed by atoms with Crippen molar-refractivity contribution in [3.05, 3.63) is 29.3 Å². The molecule has 4 heteroatoms. The van der Waals surface area contributed by atoms with Crippen molar-refractivity contribution in [1.29, 1.82) is 0 Å². The molecule has 0 amide bonds. The second kappa shape index (κ2) is 12.4. The minimum Gasteiger partial charge on any atom is -0.287 e. The van der Waals surface area contributed by atoms with E-state index in [2.05, 4.69) is 54.5 Å². The molecule has 30 heavy (non-hydrogen) atoms. The normalized spacial score (nSPS) is 13.0. The van der Waals surface area contributed by atoms with Gasteiger partial charge in [0.05, 0.1) is 0 Å². The van der Waals surface area contributed by atoms with Gasteiger partial charge in [0.25, 0.3) is 0 Å². The average Bonchev–Trinajstić information content (AvgIpc) is 2.61. The minimum absolute atomic E-state index is 0.0409. The number of hydrogen-bond donors (Lipinski definition) is 2. The lowest BCUT2D eigenvalue weighted by Crippen LogP contribution is -2.18. The summed E-state index contributed by atoms with van der Waals surface area (Å²) in [6.07, 6.45) is 12.6. The van der Waals surface area contributed by atoms with Crippen LogP contribution >= 0.6 is 7.94 Å². The molecule has 0 atom stereocenters. The highest BCUT2D eigenvalue weighted by atomic mass is 31.2. The minimum atomic E-state index is -3.39. The summed E-state index contributed by atoms with van der Waals surface area (Å²) in [4.78, 5) is 21.1. The van der Waals surface area contributed by atoms with Crippen molar-refractivity contribution in [2.24, 2.45) is 0 Å². The maximum atomic E-state index is 10.6. The van der Waals surface area contributed by atoms with E-state index in [1.165, 1.54) is 56.9 Å². The van der Waals surface area contributed by atoms with Crippen molar-refractivity contribution in [2.75, 3.05) is 6.16 Å². The van der Waals surface area contributed by atoms with E-state index in [9.17, 15) is 9.79 Å². The van der Waals surface area contributed by atoms with Gasteiger partial charge in [-0.25, -0.2) is 0 Å². The first-order valence-corrected chi connectivity index (χ1v) is 13.8. The lowest BCUT2D eigenvalue weighted by atomic mass is 9.80. The molecule has 1 aromatic rings. The fourth-order valence-corrected chi connectivity index (χ4v) is 4.87. The third kappa shape index (κ3) is 10.6. The third-order valence-corrected chi connectivity index (χ3v) is 7.09. The first-order valence-electron chi connectivity index (χ1n) is 12.0. The van der Waals surface area contributed by atoms with E-state index >= 15 is 0 Å². The molecule has 0 radical (unpaired) electrons. The van der Waals surface area contributed by atoms with Gasteiger partial charge in [0, 0.05) is 5.56 Å². The van der Waals surface area contributed by atoms with Gasteiger partial charge in [0.15, 0.2) is 5.75 Å². The highest BCUT2D eigenvalue weighted by Crippen LogP contribution is 2.53. The van der Waals surface area contributed by atoms with Crippen LogP contribution in [0.1, 0.15) is 124 Å². The lowest BCUT2D eigenvalue weighted by Gasteiger charge is -2.27. The smallest absolute Gasteiger partial charge is 0.287 e. The van der Waals surface area contributed by atoms with Gasteiger partial charge in [-0.05, 0) is 35.3 Å². The molecular formula is C26H48O3P+. The van der Waals surface area contributed by atoms with Crippen molar-refractivity contribution in [2.45, 2.75) is 124 Å². The first kappa shape index (κ1) is 27.4. The van der Waals surface area contributed by atoms with Crippen LogP contribution in [0.5, 0.6) is 5.75 Å². The Morgan fingerprint density at radius 2 is 1.23 bits per heavy atom. The highest BCUT2D eigenvalue weighted by molar-refractivity contribution is 7.60. The van der Waals surface area contributed by atoms with Gasteiger partial charge < -0.3 is 0 Å². The van der Waals surface area contributed by atoms with Gasteiger partial charge in [-0.15, -0.1) is 0 Å².